The predicted octanol–water partition coefficient (Wildman–Crippen LogP) is 1.62. The second kappa shape index (κ2) is 7.06. The Labute approximate surface area is 120 Å². The standard InChI is InChI=1S/C14H26N4O2/c1-4-7-18-14(12(19-3)9-16-18)13(17-15)10-6-8-20-11(10)5-2/h9-11,13,17H,4-8,15H2,1-3H3. The van der Waals surface area contributed by atoms with E-state index in [1.807, 2.05) is 4.68 Å². The molecule has 1 aliphatic heterocycles. The number of methoxy groups -OCH3 is 1. The highest BCUT2D eigenvalue weighted by Crippen LogP contribution is 2.37. The summed E-state index contributed by atoms with van der Waals surface area (Å²) in [5, 5.41) is 4.42. The van der Waals surface area contributed by atoms with E-state index in [2.05, 4.69) is 24.4 Å². The van der Waals surface area contributed by atoms with Gasteiger partial charge in [0.25, 0.3) is 0 Å². The topological polar surface area (TPSA) is 74.3 Å². The third-order valence-corrected chi connectivity index (χ3v) is 4.07. The zero-order chi connectivity index (χ0) is 14.5. The van der Waals surface area contributed by atoms with Crippen LogP contribution in [-0.4, -0.2) is 29.6 Å². The number of hydrazine groups is 1. The number of hydrogen-bond donors (Lipinski definition) is 2. The fourth-order valence-electron chi connectivity index (χ4n) is 3.11. The molecule has 6 heteroatoms. The van der Waals surface area contributed by atoms with Crippen LogP contribution in [-0.2, 0) is 11.3 Å². The number of aryl methyl sites for hydroxylation is 1. The van der Waals surface area contributed by atoms with Gasteiger partial charge >= 0.3 is 0 Å². The molecule has 2 heterocycles. The predicted molar refractivity (Wildman–Crippen MR) is 77.3 cm³/mol. The Bertz CT molecular complexity index is 421. The van der Waals surface area contributed by atoms with Gasteiger partial charge < -0.3 is 9.47 Å². The molecule has 0 spiro atoms. The SMILES string of the molecule is CCCn1ncc(OC)c1C(NN)C1CCOC1CC. The van der Waals surface area contributed by atoms with Gasteiger partial charge in [0.2, 0.25) is 0 Å². The van der Waals surface area contributed by atoms with E-state index in [0.29, 0.717) is 5.92 Å². The van der Waals surface area contributed by atoms with E-state index >= 15 is 0 Å². The van der Waals surface area contributed by atoms with E-state index in [1.54, 1.807) is 13.3 Å². The second-order valence-electron chi connectivity index (χ2n) is 5.24. The molecule has 1 fully saturated rings. The average Bonchev–Trinajstić information content (AvgIpc) is 3.08. The summed E-state index contributed by atoms with van der Waals surface area (Å²) in [6.07, 6.45) is 5.03. The Hall–Kier alpha value is -1.11. The number of ether oxygens (including phenoxy) is 2. The Morgan fingerprint density at radius 1 is 1.60 bits per heavy atom. The molecule has 3 N–H and O–H groups in total. The molecular formula is C14H26N4O2. The van der Waals surface area contributed by atoms with E-state index in [-0.39, 0.29) is 12.1 Å². The first-order chi connectivity index (χ1) is 9.76. The fraction of sp³-hybridized carbons (Fsp3) is 0.786. The Morgan fingerprint density at radius 2 is 2.40 bits per heavy atom. The summed E-state index contributed by atoms with van der Waals surface area (Å²) in [6, 6.07) is 0.00597. The highest BCUT2D eigenvalue weighted by molar-refractivity contribution is 5.29. The first kappa shape index (κ1) is 15.3. The second-order valence-corrected chi connectivity index (χ2v) is 5.24. The minimum absolute atomic E-state index is 0.00597. The number of nitrogens with zero attached hydrogens (tertiary/aromatic N) is 2. The van der Waals surface area contributed by atoms with Crippen LogP contribution in [0.3, 0.4) is 0 Å². The zero-order valence-electron chi connectivity index (χ0n) is 12.6. The van der Waals surface area contributed by atoms with Crippen molar-refractivity contribution in [3.05, 3.63) is 11.9 Å². The molecule has 1 saturated heterocycles. The lowest BCUT2D eigenvalue weighted by Gasteiger charge is -2.27. The number of hydrogen-bond acceptors (Lipinski definition) is 5. The summed E-state index contributed by atoms with van der Waals surface area (Å²) in [5.41, 5.74) is 4.00. The van der Waals surface area contributed by atoms with Gasteiger partial charge in [-0.1, -0.05) is 13.8 Å². The van der Waals surface area contributed by atoms with Crippen LogP contribution < -0.4 is 16.0 Å². The quantitative estimate of drug-likeness (QED) is 0.587. The molecule has 0 bridgehead atoms. The van der Waals surface area contributed by atoms with Gasteiger partial charge in [0, 0.05) is 19.1 Å². The van der Waals surface area contributed by atoms with Gasteiger partial charge in [-0.2, -0.15) is 5.10 Å². The van der Waals surface area contributed by atoms with Crippen molar-refractivity contribution in [3.63, 3.8) is 0 Å². The molecular weight excluding hydrogens is 256 g/mol. The summed E-state index contributed by atoms with van der Waals surface area (Å²) in [6.45, 7) is 5.94. The van der Waals surface area contributed by atoms with Crippen molar-refractivity contribution in [1.29, 1.82) is 0 Å². The monoisotopic (exact) mass is 282 g/mol. The minimum Gasteiger partial charge on any atom is -0.493 e. The first-order valence-corrected chi connectivity index (χ1v) is 7.44. The van der Waals surface area contributed by atoms with Crippen LogP contribution in [0.5, 0.6) is 5.75 Å². The Kier molecular flexibility index (Phi) is 5.39. The maximum Gasteiger partial charge on any atom is 0.161 e. The molecule has 2 rings (SSSR count). The van der Waals surface area contributed by atoms with Crippen molar-refractivity contribution in [3.8, 4) is 5.75 Å². The lowest BCUT2D eigenvalue weighted by atomic mass is 9.89. The van der Waals surface area contributed by atoms with Crippen LogP contribution in [0, 0.1) is 5.92 Å². The average molecular weight is 282 g/mol. The normalized spacial score (nSPS) is 24.0. The molecule has 3 atom stereocenters. The molecule has 20 heavy (non-hydrogen) atoms. The summed E-state index contributed by atoms with van der Waals surface area (Å²) in [5.74, 6) is 6.99. The molecule has 3 unspecified atom stereocenters. The molecule has 6 nitrogen and oxygen atoms in total. The van der Waals surface area contributed by atoms with Crippen LogP contribution >= 0.6 is 0 Å². The largest absolute Gasteiger partial charge is 0.493 e. The summed E-state index contributed by atoms with van der Waals surface area (Å²) < 4.78 is 13.3. The van der Waals surface area contributed by atoms with Crippen LogP contribution in [0.1, 0.15) is 44.8 Å². The lowest BCUT2D eigenvalue weighted by Crippen LogP contribution is -2.38. The first-order valence-electron chi connectivity index (χ1n) is 7.44. The van der Waals surface area contributed by atoms with Gasteiger partial charge in [-0.05, 0) is 19.3 Å². The van der Waals surface area contributed by atoms with E-state index in [4.69, 9.17) is 15.3 Å². The third kappa shape index (κ3) is 2.82. The van der Waals surface area contributed by atoms with Crippen molar-refractivity contribution in [2.75, 3.05) is 13.7 Å². The molecule has 0 saturated carbocycles. The maximum atomic E-state index is 5.85. The number of nitrogens with two attached hydrogens (primary N) is 1. The van der Waals surface area contributed by atoms with Crippen LogP contribution in [0.4, 0.5) is 0 Å². The summed E-state index contributed by atoms with van der Waals surface area (Å²) in [7, 11) is 1.67. The van der Waals surface area contributed by atoms with Crippen molar-refractivity contribution in [1.82, 2.24) is 15.2 Å². The van der Waals surface area contributed by atoms with Gasteiger partial charge in [0.05, 0.1) is 31.1 Å². The number of nitrogens with one attached hydrogen (secondary N) is 1. The zero-order valence-corrected chi connectivity index (χ0v) is 12.6. The van der Waals surface area contributed by atoms with Crippen LogP contribution in [0.2, 0.25) is 0 Å². The molecule has 1 aliphatic rings. The Balaban J connectivity index is 2.32. The molecule has 1 aromatic rings. The van der Waals surface area contributed by atoms with Crippen molar-refractivity contribution >= 4 is 0 Å². The smallest absolute Gasteiger partial charge is 0.161 e. The van der Waals surface area contributed by atoms with Gasteiger partial charge in [0.15, 0.2) is 5.75 Å². The van der Waals surface area contributed by atoms with E-state index < -0.39 is 0 Å². The molecule has 1 aromatic heterocycles. The maximum absolute atomic E-state index is 5.85. The van der Waals surface area contributed by atoms with Gasteiger partial charge in [-0.15, -0.1) is 0 Å². The highest BCUT2D eigenvalue weighted by Gasteiger charge is 2.37. The minimum atomic E-state index is 0.00597. The highest BCUT2D eigenvalue weighted by atomic mass is 16.5. The van der Waals surface area contributed by atoms with E-state index in [0.717, 1.165) is 43.9 Å². The Morgan fingerprint density at radius 3 is 3.00 bits per heavy atom. The number of rotatable bonds is 7. The van der Waals surface area contributed by atoms with Crippen molar-refractivity contribution < 1.29 is 9.47 Å². The third-order valence-electron chi connectivity index (χ3n) is 4.07. The summed E-state index contributed by atoms with van der Waals surface area (Å²) in [4.78, 5) is 0. The van der Waals surface area contributed by atoms with E-state index in [1.165, 1.54) is 0 Å². The fourth-order valence-corrected chi connectivity index (χ4v) is 3.11. The molecule has 114 valence electrons. The lowest BCUT2D eigenvalue weighted by molar-refractivity contribution is 0.0760. The molecule has 0 aliphatic carbocycles. The van der Waals surface area contributed by atoms with Crippen LogP contribution in [0.15, 0.2) is 6.20 Å². The van der Waals surface area contributed by atoms with Gasteiger partial charge in [-0.25, -0.2) is 0 Å². The van der Waals surface area contributed by atoms with Crippen molar-refractivity contribution in [2.24, 2.45) is 11.8 Å². The van der Waals surface area contributed by atoms with Crippen LogP contribution in [0.25, 0.3) is 0 Å². The summed E-state index contributed by atoms with van der Waals surface area (Å²) >= 11 is 0. The van der Waals surface area contributed by atoms with Crippen molar-refractivity contribution in [2.45, 2.75) is 51.8 Å². The molecule has 0 amide bonds. The van der Waals surface area contributed by atoms with E-state index in [9.17, 15) is 0 Å². The molecule has 0 radical (unpaired) electrons. The van der Waals surface area contributed by atoms with Gasteiger partial charge in [0.1, 0.15) is 0 Å². The number of aromatic nitrogens is 2. The van der Waals surface area contributed by atoms with Gasteiger partial charge in [-0.3, -0.25) is 16.0 Å². The molecule has 0 aromatic carbocycles.